The Kier molecular flexibility index (Phi) is 3.62. The average molecular weight is 318 g/mol. The molecule has 0 heterocycles. The van der Waals surface area contributed by atoms with Crippen LogP contribution in [0.25, 0.3) is 0 Å². The summed E-state index contributed by atoms with van der Waals surface area (Å²) in [5.74, 6) is 3.39. The Hall–Kier alpha value is -0.860. The molecule has 3 nitrogen and oxygen atoms in total. The largest absolute Gasteiger partial charge is 0.464 e. The molecule has 4 fully saturated rings. The molecule has 0 aliphatic heterocycles. The molecule has 4 saturated carbocycles. The number of carbonyl (C=O) groups excluding carboxylic acids is 2. The molecule has 0 bridgehead atoms. The first-order chi connectivity index (χ1) is 11.0. The number of rotatable bonds is 2. The minimum atomic E-state index is 0.129. The molecule has 4 aliphatic carbocycles. The number of ether oxygens (including phenoxy) is 1. The fraction of sp³-hybridized carbons (Fsp3) is 0.900. The van der Waals surface area contributed by atoms with Gasteiger partial charge in [0.25, 0.3) is 6.47 Å². The van der Waals surface area contributed by atoms with E-state index in [1.54, 1.807) is 0 Å². The maximum Gasteiger partial charge on any atom is 0.293 e. The van der Waals surface area contributed by atoms with Crippen LogP contribution in [0.15, 0.2) is 0 Å². The Labute approximate surface area is 139 Å². The molecule has 0 N–H and O–H groups in total. The van der Waals surface area contributed by atoms with Crippen LogP contribution in [0, 0.1) is 34.5 Å². The Morgan fingerprint density at radius 2 is 1.78 bits per heavy atom. The van der Waals surface area contributed by atoms with Gasteiger partial charge < -0.3 is 4.74 Å². The average Bonchev–Trinajstić information content (AvgIpc) is 2.85. The second kappa shape index (κ2) is 5.32. The van der Waals surface area contributed by atoms with E-state index in [1.807, 2.05) is 0 Å². The van der Waals surface area contributed by atoms with E-state index < -0.39 is 0 Å². The van der Waals surface area contributed by atoms with Gasteiger partial charge in [0.1, 0.15) is 11.9 Å². The van der Waals surface area contributed by atoms with Crippen molar-refractivity contribution in [3.8, 4) is 0 Å². The maximum atomic E-state index is 11.9. The summed E-state index contributed by atoms with van der Waals surface area (Å²) in [6.45, 7) is 5.52. The SMILES string of the molecule is CC12CCC(=O)CC1CCC1C2CCC2(C)C(OC=O)CCC12. The van der Waals surface area contributed by atoms with Gasteiger partial charge in [0.15, 0.2) is 0 Å². The van der Waals surface area contributed by atoms with E-state index in [0.717, 1.165) is 37.5 Å². The Balaban J connectivity index is 1.60. The molecule has 128 valence electrons. The predicted molar refractivity (Wildman–Crippen MR) is 87.7 cm³/mol. The number of hydrogen-bond acceptors (Lipinski definition) is 3. The lowest BCUT2D eigenvalue weighted by atomic mass is 9.45. The van der Waals surface area contributed by atoms with Gasteiger partial charge in [0.05, 0.1) is 0 Å². The van der Waals surface area contributed by atoms with Gasteiger partial charge in [-0.25, -0.2) is 0 Å². The molecule has 0 aromatic heterocycles. The van der Waals surface area contributed by atoms with Gasteiger partial charge in [-0.3, -0.25) is 9.59 Å². The van der Waals surface area contributed by atoms with Gasteiger partial charge >= 0.3 is 0 Å². The van der Waals surface area contributed by atoms with Gasteiger partial charge in [0.2, 0.25) is 0 Å². The van der Waals surface area contributed by atoms with Crippen LogP contribution in [0.5, 0.6) is 0 Å². The molecule has 7 atom stereocenters. The van der Waals surface area contributed by atoms with Crippen molar-refractivity contribution in [1.82, 2.24) is 0 Å². The summed E-state index contributed by atoms with van der Waals surface area (Å²) in [6, 6.07) is 0. The monoisotopic (exact) mass is 318 g/mol. The zero-order valence-electron chi connectivity index (χ0n) is 14.6. The van der Waals surface area contributed by atoms with Gasteiger partial charge in [-0.05, 0) is 74.0 Å². The van der Waals surface area contributed by atoms with Gasteiger partial charge in [-0.2, -0.15) is 0 Å². The summed E-state index contributed by atoms with van der Waals surface area (Å²) in [6.07, 6.45) is 10.1. The molecule has 4 aliphatic rings. The highest BCUT2D eigenvalue weighted by molar-refractivity contribution is 5.79. The minimum absolute atomic E-state index is 0.129. The summed E-state index contributed by atoms with van der Waals surface area (Å²) in [5, 5.41) is 0. The molecule has 0 saturated heterocycles. The first kappa shape index (κ1) is 15.7. The first-order valence-electron chi connectivity index (χ1n) is 9.60. The maximum absolute atomic E-state index is 11.9. The Bertz CT molecular complexity index is 515. The lowest BCUT2D eigenvalue weighted by Crippen LogP contribution is -2.54. The normalized spacial score (nSPS) is 52.3. The zero-order valence-corrected chi connectivity index (χ0v) is 14.6. The topological polar surface area (TPSA) is 43.4 Å². The standard InChI is InChI=1S/C20H30O3/c1-19-9-7-14(22)11-13(19)3-4-15-16-5-6-18(23-12-21)20(16,2)10-8-17(15)19/h12-13,15-18H,3-11H2,1-2H3. The molecule has 3 heteroatoms. The lowest BCUT2D eigenvalue weighted by Gasteiger charge is -2.60. The number of fused-ring (bicyclic) bond motifs is 5. The van der Waals surface area contributed by atoms with Crippen LogP contribution in [0.3, 0.4) is 0 Å². The third-order valence-corrected chi connectivity index (χ3v) is 8.61. The molecule has 0 aromatic rings. The minimum Gasteiger partial charge on any atom is -0.464 e. The van der Waals surface area contributed by atoms with Crippen molar-refractivity contribution in [1.29, 1.82) is 0 Å². The Morgan fingerprint density at radius 1 is 1.00 bits per heavy atom. The van der Waals surface area contributed by atoms with Crippen LogP contribution in [0.1, 0.15) is 71.6 Å². The third-order valence-electron chi connectivity index (χ3n) is 8.61. The van der Waals surface area contributed by atoms with Crippen molar-refractivity contribution < 1.29 is 14.3 Å². The molecular weight excluding hydrogens is 288 g/mol. The molecule has 7 unspecified atom stereocenters. The molecule has 23 heavy (non-hydrogen) atoms. The summed E-state index contributed by atoms with van der Waals surface area (Å²) in [5.41, 5.74) is 0.567. The molecule has 0 amide bonds. The van der Waals surface area contributed by atoms with Crippen molar-refractivity contribution >= 4 is 12.3 Å². The van der Waals surface area contributed by atoms with Gasteiger partial charge in [-0.15, -0.1) is 0 Å². The van der Waals surface area contributed by atoms with Crippen molar-refractivity contribution in [3.05, 3.63) is 0 Å². The molecular formula is C20H30O3. The highest BCUT2D eigenvalue weighted by Crippen LogP contribution is 2.66. The van der Waals surface area contributed by atoms with E-state index >= 15 is 0 Å². The number of hydrogen-bond donors (Lipinski definition) is 0. The van der Waals surface area contributed by atoms with E-state index in [1.165, 1.54) is 32.1 Å². The smallest absolute Gasteiger partial charge is 0.293 e. The zero-order chi connectivity index (χ0) is 16.2. The fourth-order valence-electron chi connectivity index (χ4n) is 7.29. The summed E-state index contributed by atoms with van der Waals surface area (Å²) in [7, 11) is 0. The fourth-order valence-corrected chi connectivity index (χ4v) is 7.29. The highest BCUT2D eigenvalue weighted by Gasteiger charge is 2.60. The van der Waals surface area contributed by atoms with Crippen molar-refractivity contribution in [2.24, 2.45) is 34.5 Å². The number of ketones is 1. The van der Waals surface area contributed by atoms with Crippen LogP contribution < -0.4 is 0 Å². The van der Waals surface area contributed by atoms with Gasteiger partial charge in [0, 0.05) is 18.3 Å². The van der Waals surface area contributed by atoms with Crippen molar-refractivity contribution in [2.75, 3.05) is 0 Å². The van der Waals surface area contributed by atoms with Crippen LogP contribution >= 0.6 is 0 Å². The number of carbonyl (C=O) groups is 2. The summed E-state index contributed by atoms with van der Waals surface area (Å²) in [4.78, 5) is 22.8. The van der Waals surface area contributed by atoms with E-state index in [9.17, 15) is 9.59 Å². The third kappa shape index (κ3) is 2.14. The Morgan fingerprint density at radius 3 is 2.57 bits per heavy atom. The van der Waals surface area contributed by atoms with E-state index in [0.29, 0.717) is 29.5 Å². The summed E-state index contributed by atoms with van der Waals surface area (Å²) < 4.78 is 5.48. The van der Waals surface area contributed by atoms with E-state index in [2.05, 4.69) is 13.8 Å². The predicted octanol–water partition coefficient (Wildman–Crippen LogP) is 4.14. The van der Waals surface area contributed by atoms with Crippen LogP contribution in [-0.4, -0.2) is 18.4 Å². The first-order valence-corrected chi connectivity index (χ1v) is 9.60. The summed E-state index contributed by atoms with van der Waals surface area (Å²) >= 11 is 0. The molecule has 4 rings (SSSR count). The highest BCUT2D eigenvalue weighted by atomic mass is 16.5. The number of Topliss-reactive ketones (excluding diaryl/α,β-unsaturated/α-hetero) is 1. The van der Waals surface area contributed by atoms with E-state index in [-0.39, 0.29) is 11.5 Å². The van der Waals surface area contributed by atoms with Gasteiger partial charge in [-0.1, -0.05) is 13.8 Å². The lowest BCUT2D eigenvalue weighted by molar-refractivity contribution is -0.153. The van der Waals surface area contributed by atoms with Crippen LogP contribution in [-0.2, 0) is 14.3 Å². The second-order valence-corrected chi connectivity index (χ2v) is 9.24. The molecule has 0 spiro atoms. The van der Waals surface area contributed by atoms with Crippen molar-refractivity contribution in [3.63, 3.8) is 0 Å². The molecule has 0 aromatic carbocycles. The quantitative estimate of drug-likeness (QED) is 0.719. The molecule has 0 radical (unpaired) electrons. The van der Waals surface area contributed by atoms with E-state index in [4.69, 9.17) is 4.74 Å². The van der Waals surface area contributed by atoms with Crippen LogP contribution in [0.2, 0.25) is 0 Å². The van der Waals surface area contributed by atoms with Crippen molar-refractivity contribution in [2.45, 2.75) is 77.7 Å². The van der Waals surface area contributed by atoms with Crippen LogP contribution in [0.4, 0.5) is 0 Å². The second-order valence-electron chi connectivity index (χ2n) is 9.24.